The molecular formula is C26H26N4O5S. The number of nitrogens with zero attached hydrogens (tertiary/aromatic N) is 3. The van der Waals surface area contributed by atoms with E-state index in [2.05, 4.69) is 4.99 Å². The van der Waals surface area contributed by atoms with E-state index in [1.807, 2.05) is 53.5 Å². The third-order valence-corrected chi connectivity index (χ3v) is 6.95. The number of hydrogen-bond acceptors (Lipinski definition) is 8. The number of nitrogens with two attached hydrogens (primary N) is 1. The number of benzene rings is 3. The lowest BCUT2D eigenvalue weighted by molar-refractivity contribution is 0.293. The van der Waals surface area contributed by atoms with Gasteiger partial charge in [-0.1, -0.05) is 12.1 Å². The van der Waals surface area contributed by atoms with E-state index >= 15 is 0 Å². The summed E-state index contributed by atoms with van der Waals surface area (Å²) in [7, 11) is -2.15. The van der Waals surface area contributed by atoms with Crippen molar-refractivity contribution in [1.29, 1.82) is 0 Å². The highest BCUT2D eigenvalue weighted by Gasteiger charge is 2.30. The molecule has 3 aromatic rings. The molecule has 2 aliphatic heterocycles. The second-order valence-corrected chi connectivity index (χ2v) is 9.93. The van der Waals surface area contributed by atoms with Gasteiger partial charge in [0.05, 0.1) is 36.0 Å². The van der Waals surface area contributed by atoms with Gasteiger partial charge in [-0.2, -0.15) is 5.10 Å². The normalized spacial score (nSPS) is 17.4. The van der Waals surface area contributed by atoms with Gasteiger partial charge in [-0.3, -0.25) is 5.01 Å². The van der Waals surface area contributed by atoms with Gasteiger partial charge in [0, 0.05) is 6.42 Å². The van der Waals surface area contributed by atoms with Gasteiger partial charge in [0.2, 0.25) is 15.9 Å². The van der Waals surface area contributed by atoms with Gasteiger partial charge in [-0.15, -0.1) is 0 Å². The van der Waals surface area contributed by atoms with E-state index < -0.39 is 10.0 Å². The Labute approximate surface area is 209 Å². The molecule has 0 bridgehead atoms. The minimum Gasteiger partial charge on any atom is -0.497 e. The van der Waals surface area contributed by atoms with Crippen LogP contribution >= 0.6 is 0 Å². The number of primary sulfonamides is 1. The van der Waals surface area contributed by atoms with E-state index in [-0.39, 0.29) is 10.9 Å². The van der Waals surface area contributed by atoms with Crippen LogP contribution in [0, 0.1) is 0 Å². The Balaban J connectivity index is 1.42. The smallest absolute Gasteiger partial charge is 0.238 e. The minimum absolute atomic E-state index is 0.0529. The maximum atomic E-state index is 11.7. The summed E-state index contributed by atoms with van der Waals surface area (Å²) in [6, 6.07) is 21.9. The van der Waals surface area contributed by atoms with Crippen LogP contribution in [0.1, 0.15) is 23.6 Å². The van der Waals surface area contributed by atoms with Crippen LogP contribution in [0.15, 0.2) is 87.8 Å². The summed E-state index contributed by atoms with van der Waals surface area (Å²) in [5.41, 5.74) is 3.64. The van der Waals surface area contributed by atoms with Crippen molar-refractivity contribution in [3.05, 3.63) is 83.9 Å². The van der Waals surface area contributed by atoms with Gasteiger partial charge in [0.1, 0.15) is 18.1 Å². The van der Waals surface area contributed by atoms with Gasteiger partial charge in [0.25, 0.3) is 0 Å². The molecule has 9 nitrogen and oxygen atoms in total. The first-order valence-electron chi connectivity index (χ1n) is 11.4. The van der Waals surface area contributed by atoms with Gasteiger partial charge < -0.3 is 14.2 Å². The van der Waals surface area contributed by atoms with E-state index in [0.717, 1.165) is 34.0 Å². The van der Waals surface area contributed by atoms with Crippen LogP contribution < -0.4 is 19.6 Å². The molecule has 1 atom stereocenters. The van der Waals surface area contributed by atoms with Gasteiger partial charge >= 0.3 is 0 Å². The fourth-order valence-electron chi connectivity index (χ4n) is 4.18. The van der Waals surface area contributed by atoms with Gasteiger partial charge in [0.15, 0.2) is 6.61 Å². The van der Waals surface area contributed by atoms with Crippen molar-refractivity contribution >= 4 is 27.3 Å². The van der Waals surface area contributed by atoms with Crippen LogP contribution in [0.5, 0.6) is 11.5 Å². The summed E-state index contributed by atoms with van der Waals surface area (Å²) in [6.45, 7) is 1.58. The Hall–Kier alpha value is -3.89. The second-order valence-electron chi connectivity index (χ2n) is 8.36. The molecule has 0 aromatic heterocycles. The standard InChI is InChI=1S/C26H26N4O5S/c1-33-22-4-2-3-19(15-22)25-16-24(29-30(25)20-7-11-23(12-8-20)36(27,31)32)18-5-9-21(10-6-18)35-17-26-28-13-14-34-26/h2-12,15,25H,13-14,16-17H2,1H3,(H2,27,31,32). The number of aliphatic imine (C=N–C) groups is 1. The van der Waals surface area contributed by atoms with Crippen molar-refractivity contribution in [2.75, 3.05) is 31.9 Å². The van der Waals surface area contributed by atoms with Crippen LogP contribution in [0.25, 0.3) is 0 Å². The fraction of sp³-hybridized carbons (Fsp3) is 0.231. The third kappa shape index (κ3) is 5.19. The Morgan fingerprint density at radius 2 is 1.83 bits per heavy atom. The average Bonchev–Trinajstić information content (AvgIpc) is 3.58. The van der Waals surface area contributed by atoms with E-state index in [1.54, 1.807) is 19.2 Å². The summed E-state index contributed by atoms with van der Waals surface area (Å²) in [5, 5.41) is 12.1. The highest BCUT2D eigenvalue weighted by molar-refractivity contribution is 7.89. The number of hydrogen-bond donors (Lipinski definition) is 1. The molecule has 0 amide bonds. The van der Waals surface area contributed by atoms with Crippen molar-refractivity contribution in [1.82, 2.24) is 0 Å². The Morgan fingerprint density at radius 3 is 2.50 bits per heavy atom. The quantitative estimate of drug-likeness (QED) is 0.500. The minimum atomic E-state index is -3.78. The maximum absolute atomic E-state index is 11.7. The monoisotopic (exact) mass is 506 g/mol. The average molecular weight is 507 g/mol. The molecule has 2 aliphatic rings. The Morgan fingerprint density at radius 1 is 1.06 bits per heavy atom. The number of rotatable bonds is 8. The van der Waals surface area contributed by atoms with E-state index in [1.165, 1.54) is 12.1 Å². The van der Waals surface area contributed by atoms with Crippen molar-refractivity contribution in [2.45, 2.75) is 17.4 Å². The van der Waals surface area contributed by atoms with Crippen LogP contribution in [0.4, 0.5) is 5.69 Å². The summed E-state index contributed by atoms with van der Waals surface area (Å²) < 4.78 is 40.0. The largest absolute Gasteiger partial charge is 0.497 e. The lowest BCUT2D eigenvalue weighted by atomic mass is 9.98. The highest BCUT2D eigenvalue weighted by atomic mass is 32.2. The molecule has 0 radical (unpaired) electrons. The zero-order valence-corrected chi connectivity index (χ0v) is 20.5. The summed E-state index contributed by atoms with van der Waals surface area (Å²) in [4.78, 5) is 4.29. The lowest BCUT2D eigenvalue weighted by Gasteiger charge is -2.24. The molecule has 0 fully saturated rings. The molecular weight excluding hydrogens is 480 g/mol. The van der Waals surface area contributed by atoms with Crippen molar-refractivity contribution in [3.8, 4) is 11.5 Å². The predicted octanol–water partition coefficient (Wildman–Crippen LogP) is 3.51. The molecule has 1 unspecified atom stereocenters. The Kier molecular flexibility index (Phi) is 6.62. The number of ether oxygens (including phenoxy) is 3. The van der Waals surface area contributed by atoms with Crippen LogP contribution in [0.2, 0.25) is 0 Å². The SMILES string of the molecule is COc1cccc(C2CC(c3ccc(OCC4=NCCO4)cc3)=NN2c2ccc(S(N)(=O)=O)cc2)c1. The number of sulfonamides is 1. The van der Waals surface area contributed by atoms with Crippen molar-refractivity contribution in [3.63, 3.8) is 0 Å². The fourth-order valence-corrected chi connectivity index (χ4v) is 4.69. The molecule has 36 heavy (non-hydrogen) atoms. The highest BCUT2D eigenvalue weighted by Crippen LogP contribution is 2.38. The zero-order chi connectivity index (χ0) is 25.1. The topological polar surface area (TPSA) is 116 Å². The zero-order valence-electron chi connectivity index (χ0n) is 19.7. The number of methoxy groups -OCH3 is 1. The molecule has 2 heterocycles. The molecule has 186 valence electrons. The second kappa shape index (κ2) is 10.00. The molecule has 5 rings (SSSR count). The maximum Gasteiger partial charge on any atom is 0.238 e. The van der Waals surface area contributed by atoms with Crippen LogP contribution in [0.3, 0.4) is 0 Å². The first kappa shape index (κ1) is 23.8. The summed E-state index contributed by atoms with van der Waals surface area (Å²) >= 11 is 0. The third-order valence-electron chi connectivity index (χ3n) is 6.02. The molecule has 0 aliphatic carbocycles. The first-order valence-corrected chi connectivity index (χ1v) is 13.0. The van der Waals surface area contributed by atoms with Crippen LogP contribution in [-0.2, 0) is 14.8 Å². The Bertz CT molecular complexity index is 1400. The van der Waals surface area contributed by atoms with Crippen molar-refractivity contribution in [2.24, 2.45) is 15.2 Å². The molecule has 0 saturated carbocycles. The molecule has 0 spiro atoms. The van der Waals surface area contributed by atoms with E-state index in [0.29, 0.717) is 32.1 Å². The molecule has 0 saturated heterocycles. The molecule has 2 N–H and O–H groups in total. The number of hydrazone groups is 1. The molecule has 10 heteroatoms. The van der Waals surface area contributed by atoms with E-state index in [4.69, 9.17) is 24.5 Å². The predicted molar refractivity (Wildman–Crippen MR) is 137 cm³/mol. The molecule has 3 aromatic carbocycles. The summed E-state index contributed by atoms with van der Waals surface area (Å²) in [6.07, 6.45) is 0.648. The van der Waals surface area contributed by atoms with Crippen LogP contribution in [-0.4, -0.2) is 46.9 Å². The summed E-state index contributed by atoms with van der Waals surface area (Å²) in [5.74, 6) is 2.09. The van der Waals surface area contributed by atoms with E-state index in [9.17, 15) is 8.42 Å². The lowest BCUT2D eigenvalue weighted by Crippen LogP contribution is -2.19. The van der Waals surface area contributed by atoms with Gasteiger partial charge in [-0.05, 0) is 71.8 Å². The van der Waals surface area contributed by atoms with Gasteiger partial charge in [-0.25, -0.2) is 18.5 Å². The van der Waals surface area contributed by atoms with Crippen molar-refractivity contribution < 1.29 is 22.6 Å². The first-order chi connectivity index (χ1) is 17.4. The number of anilines is 1.